The summed E-state index contributed by atoms with van der Waals surface area (Å²) in [5, 5.41) is 0. The summed E-state index contributed by atoms with van der Waals surface area (Å²) < 4.78 is 0. The average Bonchev–Trinajstić information content (AvgIpc) is 2.31. The van der Waals surface area contributed by atoms with Gasteiger partial charge in [0.25, 0.3) is 0 Å². The van der Waals surface area contributed by atoms with Crippen LogP contribution in [0.15, 0.2) is 12.2 Å². The van der Waals surface area contributed by atoms with Gasteiger partial charge in [0.15, 0.2) is 0 Å². The third-order valence-corrected chi connectivity index (χ3v) is 2.40. The molecule has 0 saturated heterocycles. The molecule has 0 fully saturated rings. The van der Waals surface area contributed by atoms with Gasteiger partial charge in [-0.2, -0.15) is 0 Å². The first kappa shape index (κ1) is 7.80. The summed E-state index contributed by atoms with van der Waals surface area (Å²) in [5.74, 6) is 1.69. The zero-order chi connectivity index (χ0) is 7.40. The van der Waals surface area contributed by atoms with Gasteiger partial charge in [-0.15, -0.1) is 0 Å². The molecule has 1 aliphatic carbocycles. The van der Waals surface area contributed by atoms with E-state index in [1.165, 1.54) is 19.3 Å². The second-order valence-electron chi connectivity index (χ2n) is 3.21. The molecule has 2 unspecified atom stereocenters. The molecule has 1 aliphatic rings. The normalized spacial score (nSPS) is 31.4. The Morgan fingerprint density at radius 2 is 2.40 bits per heavy atom. The van der Waals surface area contributed by atoms with E-state index in [2.05, 4.69) is 19.1 Å². The molecule has 0 spiro atoms. The van der Waals surface area contributed by atoms with Gasteiger partial charge in [-0.3, -0.25) is 0 Å². The fourth-order valence-electron chi connectivity index (χ4n) is 1.60. The van der Waals surface area contributed by atoms with Crippen molar-refractivity contribution in [1.82, 2.24) is 0 Å². The van der Waals surface area contributed by atoms with Crippen molar-refractivity contribution >= 4 is 0 Å². The number of hydrogen-bond acceptors (Lipinski definition) is 1. The first-order valence-corrected chi connectivity index (χ1v) is 4.21. The molecule has 10 heavy (non-hydrogen) atoms. The number of hydrogen-bond donors (Lipinski definition) is 1. The first-order chi connectivity index (χ1) is 4.84. The minimum atomic E-state index is 0.798. The number of nitrogens with two attached hydrogens (primary N) is 1. The van der Waals surface area contributed by atoms with Crippen LogP contribution in [0.1, 0.15) is 26.2 Å². The van der Waals surface area contributed by atoms with Crippen LogP contribution in [0, 0.1) is 11.8 Å². The van der Waals surface area contributed by atoms with Crippen molar-refractivity contribution in [2.45, 2.75) is 26.2 Å². The predicted octanol–water partition coefficient (Wildman–Crippen LogP) is 1.94. The maximum Gasteiger partial charge on any atom is -0.00772 e. The molecule has 1 heteroatoms. The number of rotatable bonds is 3. The standard InChI is InChI=1S/C9H17N/c1-8-4-2-5-9(8)6-3-7-10/h2,4,8-9H,3,5-7,10H2,1H3. The van der Waals surface area contributed by atoms with Crippen molar-refractivity contribution < 1.29 is 0 Å². The average molecular weight is 139 g/mol. The molecule has 1 rings (SSSR count). The highest BCUT2D eigenvalue weighted by molar-refractivity contribution is 4.98. The van der Waals surface area contributed by atoms with Gasteiger partial charge >= 0.3 is 0 Å². The molecule has 58 valence electrons. The Labute approximate surface area is 63.3 Å². The second kappa shape index (κ2) is 3.77. The van der Waals surface area contributed by atoms with Gasteiger partial charge in [0.2, 0.25) is 0 Å². The minimum absolute atomic E-state index is 0.798. The first-order valence-electron chi connectivity index (χ1n) is 4.21. The van der Waals surface area contributed by atoms with E-state index in [1.54, 1.807) is 0 Å². The zero-order valence-electron chi connectivity index (χ0n) is 6.72. The van der Waals surface area contributed by atoms with Crippen LogP contribution in [0.25, 0.3) is 0 Å². The van der Waals surface area contributed by atoms with E-state index in [0.717, 1.165) is 18.4 Å². The maximum absolute atomic E-state index is 5.43. The van der Waals surface area contributed by atoms with Gasteiger partial charge in [0.1, 0.15) is 0 Å². The topological polar surface area (TPSA) is 26.0 Å². The highest BCUT2D eigenvalue weighted by Crippen LogP contribution is 2.28. The van der Waals surface area contributed by atoms with Gasteiger partial charge < -0.3 is 5.73 Å². The molecular formula is C9H17N. The molecular weight excluding hydrogens is 122 g/mol. The van der Waals surface area contributed by atoms with Crippen LogP contribution in [0.3, 0.4) is 0 Å². The van der Waals surface area contributed by atoms with E-state index in [0.29, 0.717) is 0 Å². The minimum Gasteiger partial charge on any atom is -0.330 e. The molecule has 0 amide bonds. The molecule has 0 heterocycles. The monoisotopic (exact) mass is 139 g/mol. The predicted molar refractivity (Wildman–Crippen MR) is 44.7 cm³/mol. The van der Waals surface area contributed by atoms with E-state index in [9.17, 15) is 0 Å². The lowest BCUT2D eigenvalue weighted by Crippen LogP contribution is -2.07. The molecule has 0 aromatic carbocycles. The van der Waals surface area contributed by atoms with Crippen LogP contribution in [-0.2, 0) is 0 Å². The molecule has 0 aromatic heterocycles. The van der Waals surface area contributed by atoms with Gasteiger partial charge in [-0.05, 0) is 37.6 Å². The van der Waals surface area contributed by atoms with E-state index in [1.807, 2.05) is 0 Å². The third-order valence-electron chi connectivity index (χ3n) is 2.40. The lowest BCUT2D eigenvalue weighted by molar-refractivity contribution is 0.411. The Morgan fingerprint density at radius 3 is 2.90 bits per heavy atom. The van der Waals surface area contributed by atoms with Crippen LogP contribution in [0.5, 0.6) is 0 Å². The van der Waals surface area contributed by atoms with E-state index >= 15 is 0 Å². The Morgan fingerprint density at radius 1 is 1.60 bits per heavy atom. The van der Waals surface area contributed by atoms with Crippen LogP contribution in [-0.4, -0.2) is 6.54 Å². The van der Waals surface area contributed by atoms with Gasteiger partial charge in [-0.1, -0.05) is 19.1 Å². The van der Waals surface area contributed by atoms with Crippen LogP contribution >= 0.6 is 0 Å². The van der Waals surface area contributed by atoms with E-state index in [4.69, 9.17) is 5.73 Å². The van der Waals surface area contributed by atoms with Crippen LogP contribution in [0.2, 0.25) is 0 Å². The molecule has 0 aliphatic heterocycles. The van der Waals surface area contributed by atoms with Crippen molar-refractivity contribution in [3.8, 4) is 0 Å². The Kier molecular flexibility index (Phi) is 2.94. The highest BCUT2D eigenvalue weighted by Gasteiger charge is 2.16. The van der Waals surface area contributed by atoms with Crippen molar-refractivity contribution in [2.75, 3.05) is 6.54 Å². The fraction of sp³-hybridized carbons (Fsp3) is 0.778. The summed E-state index contributed by atoms with van der Waals surface area (Å²) >= 11 is 0. The maximum atomic E-state index is 5.43. The highest BCUT2D eigenvalue weighted by atomic mass is 14.5. The van der Waals surface area contributed by atoms with Crippen molar-refractivity contribution in [3.05, 3.63) is 12.2 Å². The van der Waals surface area contributed by atoms with Gasteiger partial charge in [0, 0.05) is 0 Å². The molecule has 0 aromatic rings. The van der Waals surface area contributed by atoms with E-state index in [-0.39, 0.29) is 0 Å². The van der Waals surface area contributed by atoms with Crippen molar-refractivity contribution in [1.29, 1.82) is 0 Å². The van der Waals surface area contributed by atoms with Crippen LogP contribution in [0.4, 0.5) is 0 Å². The summed E-state index contributed by atoms with van der Waals surface area (Å²) in [5.41, 5.74) is 5.43. The van der Waals surface area contributed by atoms with Gasteiger partial charge in [-0.25, -0.2) is 0 Å². The lowest BCUT2D eigenvalue weighted by atomic mass is 9.93. The largest absolute Gasteiger partial charge is 0.330 e. The molecule has 0 saturated carbocycles. The van der Waals surface area contributed by atoms with Gasteiger partial charge in [0.05, 0.1) is 0 Å². The Balaban J connectivity index is 2.17. The summed E-state index contributed by atoms with van der Waals surface area (Å²) in [4.78, 5) is 0. The lowest BCUT2D eigenvalue weighted by Gasteiger charge is -2.13. The zero-order valence-corrected chi connectivity index (χ0v) is 6.72. The SMILES string of the molecule is CC1C=CCC1CCCN. The molecule has 2 N–H and O–H groups in total. The fourth-order valence-corrected chi connectivity index (χ4v) is 1.60. The molecule has 2 atom stereocenters. The quantitative estimate of drug-likeness (QED) is 0.594. The molecule has 1 nitrogen and oxygen atoms in total. The molecule has 0 radical (unpaired) electrons. The smallest absolute Gasteiger partial charge is 0.00772 e. The third kappa shape index (κ3) is 1.84. The Bertz CT molecular complexity index is 118. The Hall–Kier alpha value is -0.300. The van der Waals surface area contributed by atoms with Crippen molar-refractivity contribution in [3.63, 3.8) is 0 Å². The van der Waals surface area contributed by atoms with E-state index < -0.39 is 0 Å². The second-order valence-corrected chi connectivity index (χ2v) is 3.21. The van der Waals surface area contributed by atoms with Crippen molar-refractivity contribution in [2.24, 2.45) is 17.6 Å². The number of allylic oxidation sites excluding steroid dienone is 2. The molecule has 0 bridgehead atoms. The summed E-state index contributed by atoms with van der Waals surface area (Å²) in [6, 6.07) is 0. The summed E-state index contributed by atoms with van der Waals surface area (Å²) in [7, 11) is 0. The summed E-state index contributed by atoms with van der Waals surface area (Å²) in [6.45, 7) is 3.15. The summed E-state index contributed by atoms with van der Waals surface area (Å²) in [6.07, 6.45) is 8.40. The van der Waals surface area contributed by atoms with Crippen LogP contribution < -0.4 is 5.73 Å².